The second kappa shape index (κ2) is 9.20. The minimum Gasteiger partial charge on any atom is -0.384 e. The number of piperidine rings is 1. The third kappa shape index (κ3) is 4.82. The van der Waals surface area contributed by atoms with E-state index in [9.17, 15) is 0 Å². The monoisotopic (exact) mass is 346 g/mol. The number of aromatic nitrogens is 3. The molecule has 130 valence electrons. The second-order valence-corrected chi connectivity index (χ2v) is 7.21. The smallest absolute Gasteiger partial charge is 0.191 e. The Balaban J connectivity index is 1.75. The van der Waals surface area contributed by atoms with Crippen molar-refractivity contribution >= 4 is 11.8 Å². The van der Waals surface area contributed by atoms with Crippen LogP contribution in [0.4, 0.5) is 0 Å². The lowest BCUT2D eigenvalue weighted by Crippen LogP contribution is -2.30. The van der Waals surface area contributed by atoms with Crippen LogP contribution in [0.25, 0.3) is 0 Å². The molecule has 1 fully saturated rings. The van der Waals surface area contributed by atoms with E-state index in [-0.39, 0.29) is 0 Å². The van der Waals surface area contributed by atoms with Gasteiger partial charge in [0, 0.05) is 12.9 Å². The highest BCUT2D eigenvalue weighted by molar-refractivity contribution is 7.99. The van der Waals surface area contributed by atoms with E-state index < -0.39 is 0 Å². The van der Waals surface area contributed by atoms with Crippen LogP contribution >= 0.6 is 11.8 Å². The Morgan fingerprint density at radius 3 is 2.58 bits per heavy atom. The summed E-state index contributed by atoms with van der Waals surface area (Å²) in [6, 6.07) is 10.5. The van der Waals surface area contributed by atoms with Gasteiger partial charge in [-0.3, -0.25) is 4.90 Å². The number of thioether (sulfide) groups is 1. The third-order valence-electron chi connectivity index (χ3n) is 4.31. The Labute approximate surface area is 148 Å². The van der Waals surface area contributed by atoms with Crippen LogP contribution in [0, 0.1) is 0 Å². The van der Waals surface area contributed by atoms with E-state index in [2.05, 4.69) is 50.0 Å². The number of nitrogens with zero attached hydrogens (tertiary/aromatic N) is 4. The molecule has 5 nitrogen and oxygen atoms in total. The summed E-state index contributed by atoms with van der Waals surface area (Å²) < 4.78 is 7.43. The fourth-order valence-electron chi connectivity index (χ4n) is 3.00. The number of hydrogen-bond donors (Lipinski definition) is 0. The highest BCUT2D eigenvalue weighted by Crippen LogP contribution is 2.20. The summed E-state index contributed by atoms with van der Waals surface area (Å²) in [6.07, 6.45) is 3.94. The van der Waals surface area contributed by atoms with Crippen molar-refractivity contribution in [1.29, 1.82) is 0 Å². The second-order valence-electron chi connectivity index (χ2n) is 6.15. The first-order valence-electron chi connectivity index (χ1n) is 8.67. The number of hydrogen-bond acceptors (Lipinski definition) is 5. The number of benzene rings is 1. The lowest BCUT2D eigenvalue weighted by atomic mass is 10.1. The molecule has 0 spiro atoms. The first-order chi connectivity index (χ1) is 11.9. The summed E-state index contributed by atoms with van der Waals surface area (Å²) >= 11 is 1.72. The van der Waals surface area contributed by atoms with Crippen LogP contribution in [0.5, 0.6) is 0 Å². The van der Waals surface area contributed by atoms with Gasteiger partial charge in [0.1, 0.15) is 5.82 Å². The van der Waals surface area contributed by atoms with Gasteiger partial charge < -0.3 is 9.30 Å². The van der Waals surface area contributed by atoms with Crippen LogP contribution in [0.3, 0.4) is 0 Å². The van der Waals surface area contributed by atoms with Gasteiger partial charge in [0.25, 0.3) is 0 Å². The Kier molecular flexibility index (Phi) is 6.69. The lowest BCUT2D eigenvalue weighted by molar-refractivity contribution is 0.213. The SMILES string of the molecule is COCCSc1nnc(CN2CCCCC2)n1Cc1ccccc1. The van der Waals surface area contributed by atoms with Gasteiger partial charge in [-0.15, -0.1) is 10.2 Å². The number of rotatable bonds is 8. The standard InChI is InChI=1S/C18H26N4OS/c1-23-12-13-24-18-20-19-17(15-21-10-6-3-7-11-21)22(18)14-16-8-4-2-5-9-16/h2,4-5,8-9H,3,6-7,10-15H2,1H3. The van der Waals surface area contributed by atoms with Crippen molar-refractivity contribution in [2.75, 3.05) is 32.6 Å². The van der Waals surface area contributed by atoms with E-state index in [0.29, 0.717) is 0 Å². The van der Waals surface area contributed by atoms with Crippen molar-refractivity contribution in [3.05, 3.63) is 41.7 Å². The predicted molar refractivity (Wildman–Crippen MR) is 97.3 cm³/mol. The summed E-state index contributed by atoms with van der Waals surface area (Å²) in [4.78, 5) is 2.50. The van der Waals surface area contributed by atoms with Crippen LogP contribution in [-0.2, 0) is 17.8 Å². The third-order valence-corrected chi connectivity index (χ3v) is 5.24. The Hall–Kier alpha value is -1.37. The summed E-state index contributed by atoms with van der Waals surface area (Å²) in [6.45, 7) is 4.79. The maximum absolute atomic E-state index is 5.16. The van der Waals surface area contributed by atoms with Crippen LogP contribution < -0.4 is 0 Å². The molecule has 1 saturated heterocycles. The van der Waals surface area contributed by atoms with Crippen molar-refractivity contribution < 1.29 is 4.74 Å². The number of ether oxygens (including phenoxy) is 1. The molecule has 1 aromatic heterocycles. The molecule has 1 aromatic carbocycles. The maximum Gasteiger partial charge on any atom is 0.191 e. The molecule has 0 radical (unpaired) electrons. The minimum absolute atomic E-state index is 0.727. The van der Waals surface area contributed by atoms with E-state index in [4.69, 9.17) is 4.74 Å². The molecule has 0 atom stereocenters. The van der Waals surface area contributed by atoms with E-state index >= 15 is 0 Å². The molecule has 6 heteroatoms. The lowest BCUT2D eigenvalue weighted by Gasteiger charge is -2.26. The van der Waals surface area contributed by atoms with Gasteiger partial charge in [-0.25, -0.2) is 0 Å². The van der Waals surface area contributed by atoms with E-state index in [1.807, 2.05) is 0 Å². The summed E-state index contributed by atoms with van der Waals surface area (Å²) in [5.74, 6) is 1.97. The molecule has 0 aliphatic carbocycles. The highest BCUT2D eigenvalue weighted by atomic mass is 32.2. The largest absolute Gasteiger partial charge is 0.384 e. The molecule has 2 aromatic rings. The molecule has 0 amide bonds. The van der Waals surface area contributed by atoms with Crippen LogP contribution in [0.1, 0.15) is 30.7 Å². The molecule has 1 aliphatic heterocycles. The topological polar surface area (TPSA) is 43.2 Å². The van der Waals surface area contributed by atoms with Crippen molar-refractivity contribution in [1.82, 2.24) is 19.7 Å². The molecular formula is C18H26N4OS. The number of methoxy groups -OCH3 is 1. The quantitative estimate of drug-likeness (QED) is 0.543. The average molecular weight is 346 g/mol. The molecule has 0 N–H and O–H groups in total. The predicted octanol–water partition coefficient (Wildman–Crippen LogP) is 3.05. The summed E-state index contributed by atoms with van der Waals surface area (Å²) in [5.41, 5.74) is 1.28. The molecule has 1 aliphatic rings. The van der Waals surface area contributed by atoms with Gasteiger partial charge in [0.2, 0.25) is 0 Å². The van der Waals surface area contributed by atoms with Crippen LogP contribution in [-0.4, -0.2) is 52.2 Å². The van der Waals surface area contributed by atoms with E-state index in [1.165, 1.54) is 37.9 Å². The molecule has 24 heavy (non-hydrogen) atoms. The van der Waals surface area contributed by atoms with Gasteiger partial charge in [-0.1, -0.05) is 48.5 Å². The van der Waals surface area contributed by atoms with Crippen molar-refractivity contribution in [2.45, 2.75) is 37.5 Å². The highest BCUT2D eigenvalue weighted by Gasteiger charge is 2.17. The fourth-order valence-corrected chi connectivity index (χ4v) is 3.86. The van der Waals surface area contributed by atoms with E-state index in [1.54, 1.807) is 18.9 Å². The molecule has 0 unspecified atom stereocenters. The van der Waals surface area contributed by atoms with Crippen molar-refractivity contribution in [2.24, 2.45) is 0 Å². The van der Waals surface area contributed by atoms with Gasteiger partial charge in [0.05, 0.1) is 19.7 Å². The van der Waals surface area contributed by atoms with Crippen molar-refractivity contribution in [3.63, 3.8) is 0 Å². The normalized spacial score (nSPS) is 15.7. The van der Waals surface area contributed by atoms with E-state index in [0.717, 1.165) is 36.4 Å². The zero-order valence-corrected chi connectivity index (χ0v) is 15.2. The van der Waals surface area contributed by atoms with Crippen LogP contribution in [0.15, 0.2) is 35.5 Å². The molecule has 0 bridgehead atoms. The Morgan fingerprint density at radius 1 is 1.04 bits per heavy atom. The van der Waals surface area contributed by atoms with Gasteiger partial charge in [-0.05, 0) is 31.5 Å². The zero-order valence-electron chi connectivity index (χ0n) is 14.4. The van der Waals surface area contributed by atoms with Crippen LogP contribution in [0.2, 0.25) is 0 Å². The molecular weight excluding hydrogens is 320 g/mol. The van der Waals surface area contributed by atoms with Gasteiger partial charge >= 0.3 is 0 Å². The molecule has 0 saturated carbocycles. The number of likely N-dealkylation sites (tertiary alicyclic amines) is 1. The maximum atomic E-state index is 5.16. The summed E-state index contributed by atoms with van der Waals surface area (Å²) in [5, 5.41) is 9.93. The van der Waals surface area contributed by atoms with Gasteiger partial charge in [-0.2, -0.15) is 0 Å². The molecule has 2 heterocycles. The fraction of sp³-hybridized carbons (Fsp3) is 0.556. The van der Waals surface area contributed by atoms with Gasteiger partial charge in [0.15, 0.2) is 5.16 Å². The first-order valence-corrected chi connectivity index (χ1v) is 9.65. The van der Waals surface area contributed by atoms with Crippen molar-refractivity contribution in [3.8, 4) is 0 Å². The Morgan fingerprint density at radius 2 is 1.83 bits per heavy atom. The first kappa shape index (κ1) is 17.5. The molecule has 3 rings (SSSR count). The zero-order chi connectivity index (χ0) is 16.6. The summed E-state index contributed by atoms with van der Waals surface area (Å²) in [7, 11) is 1.73. The minimum atomic E-state index is 0.727. The Bertz CT molecular complexity index is 611. The average Bonchev–Trinajstić information content (AvgIpc) is 2.99.